The molecule has 24 heavy (non-hydrogen) atoms. The molecular weight excluding hydrogens is 332 g/mol. The number of nitrogens with one attached hydrogen (secondary N) is 1. The van der Waals surface area contributed by atoms with Gasteiger partial charge in [-0.15, -0.1) is 12.4 Å². The van der Waals surface area contributed by atoms with E-state index in [1.165, 1.54) is 0 Å². The number of benzene rings is 1. The maximum Gasteiger partial charge on any atom is 0.223 e. The van der Waals surface area contributed by atoms with E-state index in [9.17, 15) is 4.79 Å². The van der Waals surface area contributed by atoms with E-state index in [0.29, 0.717) is 30.1 Å². The number of carbonyl (C=O) groups excluding carboxylic acids is 1. The van der Waals surface area contributed by atoms with Gasteiger partial charge in [-0.2, -0.15) is 0 Å². The second-order valence-electron chi connectivity index (χ2n) is 5.63. The van der Waals surface area contributed by atoms with Crippen LogP contribution in [0.4, 0.5) is 0 Å². The van der Waals surface area contributed by atoms with Crippen LogP contribution in [-0.2, 0) is 11.2 Å². The third-order valence-electron chi connectivity index (χ3n) is 4.22. The number of ether oxygens (including phenoxy) is 3. The first kappa shape index (κ1) is 20.4. The molecule has 0 spiro atoms. The molecule has 7 heteroatoms. The quantitative estimate of drug-likeness (QED) is 0.841. The third kappa shape index (κ3) is 4.45. The highest BCUT2D eigenvalue weighted by Gasteiger charge is 2.23. The van der Waals surface area contributed by atoms with Crippen molar-refractivity contribution in [1.29, 1.82) is 0 Å². The highest BCUT2D eigenvalue weighted by molar-refractivity contribution is 5.85. The molecule has 2 rings (SSSR count). The summed E-state index contributed by atoms with van der Waals surface area (Å²) in [7, 11) is 4.77. The van der Waals surface area contributed by atoms with Crippen LogP contribution in [0.2, 0.25) is 0 Å². The Morgan fingerprint density at radius 3 is 2.50 bits per heavy atom. The van der Waals surface area contributed by atoms with Gasteiger partial charge in [0.25, 0.3) is 0 Å². The summed E-state index contributed by atoms with van der Waals surface area (Å²) in [5.41, 5.74) is 0.946. The zero-order valence-corrected chi connectivity index (χ0v) is 15.6. The van der Waals surface area contributed by atoms with Gasteiger partial charge in [-0.1, -0.05) is 6.07 Å². The smallest absolute Gasteiger partial charge is 0.223 e. The second kappa shape index (κ2) is 9.59. The Kier molecular flexibility index (Phi) is 8.15. The number of aryl methyl sites for hydroxylation is 1. The van der Waals surface area contributed by atoms with Crippen molar-refractivity contribution in [3.8, 4) is 17.2 Å². The fraction of sp³-hybridized carbons (Fsp3) is 0.588. The average Bonchev–Trinajstić information content (AvgIpc) is 2.58. The number of rotatable bonds is 6. The van der Waals surface area contributed by atoms with Gasteiger partial charge in [0.2, 0.25) is 11.7 Å². The third-order valence-corrected chi connectivity index (χ3v) is 4.22. The predicted molar refractivity (Wildman–Crippen MR) is 95.7 cm³/mol. The molecule has 136 valence electrons. The van der Waals surface area contributed by atoms with Crippen molar-refractivity contribution < 1.29 is 19.0 Å². The van der Waals surface area contributed by atoms with Crippen molar-refractivity contribution in [1.82, 2.24) is 10.2 Å². The van der Waals surface area contributed by atoms with Crippen molar-refractivity contribution in [3.05, 3.63) is 17.7 Å². The van der Waals surface area contributed by atoms with E-state index in [0.717, 1.165) is 25.2 Å². The van der Waals surface area contributed by atoms with Gasteiger partial charge in [0.1, 0.15) is 0 Å². The summed E-state index contributed by atoms with van der Waals surface area (Å²) in [6.07, 6.45) is 1.06. The number of piperazine rings is 1. The summed E-state index contributed by atoms with van der Waals surface area (Å²) in [5.74, 6) is 1.99. The Bertz CT molecular complexity index is 554. The summed E-state index contributed by atoms with van der Waals surface area (Å²) < 4.78 is 16.1. The van der Waals surface area contributed by atoms with Crippen molar-refractivity contribution in [2.75, 3.05) is 41.0 Å². The number of carbonyl (C=O) groups is 1. The molecule has 1 aliphatic heterocycles. The molecule has 1 amide bonds. The second-order valence-corrected chi connectivity index (χ2v) is 5.63. The predicted octanol–water partition coefficient (Wildman–Crippen LogP) is 1.89. The lowest BCUT2D eigenvalue weighted by atomic mass is 10.1. The van der Waals surface area contributed by atoms with Gasteiger partial charge in [0.15, 0.2) is 11.5 Å². The van der Waals surface area contributed by atoms with Crippen LogP contribution in [0, 0.1) is 0 Å². The first-order valence-electron chi connectivity index (χ1n) is 7.90. The molecule has 0 aliphatic carbocycles. The number of halogens is 1. The molecule has 1 heterocycles. The lowest BCUT2D eigenvalue weighted by Crippen LogP contribution is -2.52. The fourth-order valence-electron chi connectivity index (χ4n) is 2.96. The monoisotopic (exact) mass is 358 g/mol. The van der Waals surface area contributed by atoms with Gasteiger partial charge in [-0.3, -0.25) is 4.79 Å². The Morgan fingerprint density at radius 1 is 1.21 bits per heavy atom. The van der Waals surface area contributed by atoms with Crippen molar-refractivity contribution >= 4 is 18.3 Å². The summed E-state index contributed by atoms with van der Waals surface area (Å²) in [6.45, 7) is 4.55. The normalized spacial score (nSPS) is 17.0. The van der Waals surface area contributed by atoms with Crippen molar-refractivity contribution in [3.63, 3.8) is 0 Å². The summed E-state index contributed by atoms with van der Waals surface area (Å²) in [4.78, 5) is 14.4. The molecule has 1 aromatic carbocycles. The van der Waals surface area contributed by atoms with Crippen LogP contribution in [0.3, 0.4) is 0 Å². The van der Waals surface area contributed by atoms with Crippen molar-refractivity contribution in [2.24, 2.45) is 0 Å². The molecular formula is C17H27ClN2O4. The van der Waals surface area contributed by atoms with Crippen LogP contribution in [0.25, 0.3) is 0 Å². The van der Waals surface area contributed by atoms with E-state index < -0.39 is 0 Å². The molecule has 0 radical (unpaired) electrons. The maximum absolute atomic E-state index is 12.5. The zero-order chi connectivity index (χ0) is 16.8. The summed E-state index contributed by atoms with van der Waals surface area (Å²) in [6, 6.07) is 4.01. The van der Waals surface area contributed by atoms with E-state index in [-0.39, 0.29) is 24.4 Å². The minimum atomic E-state index is 0. The molecule has 0 saturated carbocycles. The molecule has 1 atom stereocenters. The molecule has 1 N–H and O–H groups in total. The topological polar surface area (TPSA) is 60.0 Å². The standard InChI is InChI=1S/C17H26N2O4.ClH/c1-12-11-18-9-10-19(12)15(20)8-6-13-5-7-14(21-2)17(23-4)16(13)22-3;/h5,7,12,18H,6,8-11H2,1-4H3;1H/t12-;/m0./s1. The first-order valence-corrected chi connectivity index (χ1v) is 7.90. The van der Waals surface area contributed by atoms with E-state index in [1.807, 2.05) is 17.0 Å². The zero-order valence-electron chi connectivity index (χ0n) is 14.8. The average molecular weight is 359 g/mol. The minimum absolute atomic E-state index is 0. The van der Waals surface area contributed by atoms with Gasteiger partial charge in [0, 0.05) is 32.1 Å². The highest BCUT2D eigenvalue weighted by Crippen LogP contribution is 2.40. The molecule has 6 nitrogen and oxygen atoms in total. The van der Waals surface area contributed by atoms with Crippen LogP contribution in [0.5, 0.6) is 17.2 Å². The Morgan fingerprint density at radius 2 is 1.92 bits per heavy atom. The van der Waals surface area contributed by atoms with E-state index in [1.54, 1.807) is 21.3 Å². The summed E-state index contributed by atoms with van der Waals surface area (Å²) >= 11 is 0. The lowest BCUT2D eigenvalue weighted by molar-refractivity contribution is -0.133. The van der Waals surface area contributed by atoms with Crippen LogP contribution in [-0.4, -0.2) is 57.8 Å². The number of hydrogen-bond acceptors (Lipinski definition) is 5. The molecule has 1 aliphatic rings. The minimum Gasteiger partial charge on any atom is -0.493 e. The molecule has 0 bridgehead atoms. The Balaban J connectivity index is 0.00000288. The van der Waals surface area contributed by atoms with Crippen LogP contribution in [0.15, 0.2) is 12.1 Å². The van der Waals surface area contributed by atoms with E-state index in [2.05, 4.69) is 12.2 Å². The molecule has 1 saturated heterocycles. The van der Waals surface area contributed by atoms with E-state index in [4.69, 9.17) is 14.2 Å². The van der Waals surface area contributed by atoms with Gasteiger partial charge in [0.05, 0.1) is 21.3 Å². The molecule has 0 aromatic heterocycles. The van der Waals surface area contributed by atoms with Gasteiger partial charge >= 0.3 is 0 Å². The van der Waals surface area contributed by atoms with Crippen LogP contribution in [0.1, 0.15) is 18.9 Å². The van der Waals surface area contributed by atoms with Gasteiger partial charge in [-0.05, 0) is 25.0 Å². The number of hydrogen-bond donors (Lipinski definition) is 1. The van der Waals surface area contributed by atoms with Gasteiger partial charge in [-0.25, -0.2) is 0 Å². The maximum atomic E-state index is 12.5. The number of methoxy groups -OCH3 is 3. The number of nitrogens with zero attached hydrogens (tertiary/aromatic N) is 1. The summed E-state index contributed by atoms with van der Waals surface area (Å²) in [5, 5.41) is 3.29. The SMILES string of the molecule is COc1ccc(CCC(=O)N2CCNC[C@@H]2C)c(OC)c1OC.Cl. The van der Waals surface area contributed by atoms with Crippen molar-refractivity contribution in [2.45, 2.75) is 25.8 Å². The Labute approximate surface area is 149 Å². The molecule has 1 aromatic rings. The first-order chi connectivity index (χ1) is 11.1. The molecule has 0 unspecified atom stereocenters. The Hall–Kier alpha value is -1.66. The van der Waals surface area contributed by atoms with E-state index >= 15 is 0 Å². The largest absolute Gasteiger partial charge is 0.493 e. The molecule has 1 fully saturated rings. The van der Waals surface area contributed by atoms with Crippen LogP contribution >= 0.6 is 12.4 Å². The fourth-order valence-corrected chi connectivity index (χ4v) is 2.96. The highest BCUT2D eigenvalue weighted by atomic mass is 35.5. The lowest BCUT2D eigenvalue weighted by Gasteiger charge is -2.34. The number of amides is 1. The van der Waals surface area contributed by atoms with Crippen LogP contribution < -0.4 is 19.5 Å². The van der Waals surface area contributed by atoms with Gasteiger partial charge < -0.3 is 24.4 Å².